The lowest BCUT2D eigenvalue weighted by molar-refractivity contribution is -0.341. The van der Waals surface area contributed by atoms with Gasteiger partial charge in [-0.3, -0.25) is 4.79 Å². The van der Waals surface area contributed by atoms with E-state index in [9.17, 15) is 19.1 Å². The first-order chi connectivity index (χ1) is 6.28. The molecule has 0 aliphatic rings. The van der Waals surface area contributed by atoms with Crippen molar-refractivity contribution in [1.29, 1.82) is 0 Å². The summed E-state index contributed by atoms with van der Waals surface area (Å²) < 4.78 is 13.5. The van der Waals surface area contributed by atoms with Gasteiger partial charge in [0.05, 0.1) is 14.4 Å². The van der Waals surface area contributed by atoms with E-state index >= 15 is 0 Å². The first kappa shape index (κ1) is 13.7. The molecule has 0 heterocycles. The van der Waals surface area contributed by atoms with Crippen LogP contribution < -0.4 is 9.79 Å². The summed E-state index contributed by atoms with van der Waals surface area (Å²) in [7, 11) is -5.27. The van der Waals surface area contributed by atoms with Crippen LogP contribution in [0.3, 0.4) is 0 Å². The fourth-order valence-corrected chi connectivity index (χ4v) is 0.828. The zero-order valence-corrected chi connectivity index (χ0v) is 7.79. The van der Waals surface area contributed by atoms with Crippen molar-refractivity contribution in [3.05, 3.63) is 0 Å². The Morgan fingerprint density at radius 1 is 1.43 bits per heavy atom. The average molecular weight is 228 g/mol. The number of carbonyl (C=O) groups is 1. The van der Waals surface area contributed by atoms with E-state index < -0.39 is 39.0 Å². The van der Waals surface area contributed by atoms with E-state index in [1.54, 1.807) is 0 Å². The van der Waals surface area contributed by atoms with Gasteiger partial charge in [0.2, 0.25) is 0 Å². The molecule has 0 bridgehead atoms. The second-order valence-corrected chi connectivity index (χ2v) is 3.53. The van der Waals surface area contributed by atoms with Gasteiger partial charge >= 0.3 is 0 Å². The Bertz CT molecular complexity index is 234. The third-order valence-electron chi connectivity index (χ3n) is 1.25. The van der Waals surface area contributed by atoms with Crippen LogP contribution in [-0.2, 0) is 13.9 Å². The molecule has 0 aliphatic heterocycles. The van der Waals surface area contributed by atoms with Gasteiger partial charge in [-0.05, 0) is 0 Å². The Morgan fingerprint density at radius 2 is 1.93 bits per heavy atom. The van der Waals surface area contributed by atoms with Gasteiger partial charge in [-0.2, -0.15) is 0 Å². The van der Waals surface area contributed by atoms with Gasteiger partial charge in [-0.1, -0.05) is 0 Å². The Labute approximate surface area is 79.0 Å². The first-order valence-corrected chi connectivity index (χ1v) is 4.90. The number of hydrogen-bond donors (Lipinski definition) is 3. The van der Waals surface area contributed by atoms with E-state index in [1.807, 2.05) is 0 Å². The number of carbonyl (C=O) groups excluding carboxylic acids is 1. The zero-order chi connectivity index (χ0) is 11.4. The predicted octanol–water partition coefficient (Wildman–Crippen LogP) is -3.89. The normalized spacial score (nSPS) is 16.4. The van der Waals surface area contributed by atoms with Crippen molar-refractivity contribution >= 4 is 13.6 Å². The minimum Gasteiger partial charge on any atom is -0.790 e. The lowest BCUT2D eigenvalue weighted by Gasteiger charge is -2.28. The van der Waals surface area contributed by atoms with E-state index in [-0.39, 0.29) is 0 Å². The SMILES string of the molecule is O=C(COP(=O)([O-])[O-])C(O)C(O)CO. The van der Waals surface area contributed by atoms with Crippen molar-refractivity contribution in [2.45, 2.75) is 12.2 Å². The van der Waals surface area contributed by atoms with Gasteiger partial charge in [-0.25, -0.2) is 0 Å². The smallest absolute Gasteiger partial charge is 0.189 e. The molecule has 3 N–H and O–H groups in total. The molecule has 0 aliphatic carbocycles. The molecule has 8 nitrogen and oxygen atoms in total. The number of aliphatic hydroxyl groups excluding tert-OH is 3. The molecule has 0 saturated heterocycles. The summed E-state index contributed by atoms with van der Waals surface area (Å²) in [5.41, 5.74) is 0. The van der Waals surface area contributed by atoms with Crippen molar-refractivity contribution in [3.63, 3.8) is 0 Å². The Balaban J connectivity index is 4.03. The highest BCUT2D eigenvalue weighted by Crippen LogP contribution is 2.24. The molecule has 0 spiro atoms. The van der Waals surface area contributed by atoms with E-state index in [1.165, 1.54) is 0 Å². The molecule has 0 rings (SSSR count). The minimum absolute atomic E-state index is 0.876. The van der Waals surface area contributed by atoms with E-state index in [0.717, 1.165) is 0 Å². The van der Waals surface area contributed by atoms with Gasteiger partial charge in [0.15, 0.2) is 5.78 Å². The number of aliphatic hydroxyl groups is 3. The molecule has 0 amide bonds. The molecule has 0 fully saturated rings. The van der Waals surface area contributed by atoms with Crippen LogP contribution in [0.4, 0.5) is 0 Å². The average Bonchev–Trinajstić information content (AvgIpc) is 2.10. The van der Waals surface area contributed by atoms with Gasteiger partial charge in [0.1, 0.15) is 18.8 Å². The predicted molar refractivity (Wildman–Crippen MR) is 37.7 cm³/mol. The lowest BCUT2D eigenvalue weighted by atomic mass is 10.1. The Hall–Kier alpha value is -0.340. The van der Waals surface area contributed by atoms with Crippen LogP contribution in [-0.4, -0.2) is 46.5 Å². The molecule has 0 radical (unpaired) electrons. The molecule has 84 valence electrons. The minimum atomic E-state index is -5.27. The van der Waals surface area contributed by atoms with Gasteiger partial charge in [0, 0.05) is 0 Å². The standard InChI is InChI=1S/C5H11O8P/c6-1-3(7)5(9)4(8)2-13-14(10,11)12/h3,5-7,9H,1-2H2,(H2,10,11,12)/p-2. The van der Waals surface area contributed by atoms with Crippen molar-refractivity contribution in [3.8, 4) is 0 Å². The number of phosphoric ester groups is 1. The molecule has 0 aromatic carbocycles. The highest BCUT2D eigenvalue weighted by Gasteiger charge is 2.23. The number of rotatable bonds is 6. The summed E-state index contributed by atoms with van der Waals surface area (Å²) in [6.45, 7) is -2.04. The summed E-state index contributed by atoms with van der Waals surface area (Å²) in [6, 6.07) is 0. The van der Waals surface area contributed by atoms with Crippen molar-refractivity contribution in [2.75, 3.05) is 13.2 Å². The summed E-state index contributed by atoms with van der Waals surface area (Å²) in [6.07, 6.45) is -3.71. The van der Waals surface area contributed by atoms with Crippen LogP contribution >= 0.6 is 7.82 Å². The maximum Gasteiger partial charge on any atom is 0.189 e. The molecule has 0 saturated carbocycles. The van der Waals surface area contributed by atoms with Gasteiger partial charge in [0.25, 0.3) is 0 Å². The third kappa shape index (κ3) is 5.40. The van der Waals surface area contributed by atoms with Crippen LogP contribution in [0.2, 0.25) is 0 Å². The molecule has 2 unspecified atom stereocenters. The Kier molecular flexibility index (Phi) is 5.38. The van der Waals surface area contributed by atoms with Crippen LogP contribution in [0.1, 0.15) is 0 Å². The molecular weight excluding hydrogens is 219 g/mol. The molecular formula is C5H9O8P-2. The maximum absolute atomic E-state index is 10.7. The number of phosphoric acid groups is 1. The largest absolute Gasteiger partial charge is 0.790 e. The molecule has 0 aromatic rings. The van der Waals surface area contributed by atoms with E-state index in [4.69, 9.17) is 15.3 Å². The number of Topliss-reactive ketones (excluding diaryl/α,β-unsaturated/α-hetero) is 1. The lowest BCUT2D eigenvalue weighted by Crippen LogP contribution is -2.38. The fourth-order valence-electron chi connectivity index (χ4n) is 0.542. The highest BCUT2D eigenvalue weighted by atomic mass is 31.2. The zero-order valence-electron chi connectivity index (χ0n) is 6.90. The number of hydrogen-bond acceptors (Lipinski definition) is 8. The second kappa shape index (κ2) is 5.52. The summed E-state index contributed by atoms with van der Waals surface area (Å²) >= 11 is 0. The van der Waals surface area contributed by atoms with Crippen molar-refractivity contribution in [2.24, 2.45) is 0 Å². The monoisotopic (exact) mass is 228 g/mol. The van der Waals surface area contributed by atoms with Gasteiger partial charge < -0.3 is 34.2 Å². The van der Waals surface area contributed by atoms with Crippen LogP contribution in [0.5, 0.6) is 0 Å². The third-order valence-corrected chi connectivity index (χ3v) is 1.69. The van der Waals surface area contributed by atoms with Gasteiger partial charge in [-0.15, -0.1) is 0 Å². The van der Waals surface area contributed by atoms with E-state index in [0.29, 0.717) is 0 Å². The molecule has 2 atom stereocenters. The summed E-state index contributed by atoms with van der Waals surface area (Å²) in [5.74, 6) is -1.21. The quantitative estimate of drug-likeness (QED) is 0.390. The van der Waals surface area contributed by atoms with Crippen molar-refractivity contribution in [1.82, 2.24) is 0 Å². The topological polar surface area (TPSA) is 150 Å². The number of ketones is 1. The summed E-state index contributed by atoms with van der Waals surface area (Å²) in [5, 5.41) is 25.9. The molecule has 9 heteroatoms. The fraction of sp³-hybridized carbons (Fsp3) is 0.800. The molecule has 14 heavy (non-hydrogen) atoms. The van der Waals surface area contributed by atoms with Crippen molar-refractivity contribution < 1.29 is 39.0 Å². The second-order valence-electron chi connectivity index (χ2n) is 2.38. The first-order valence-electron chi connectivity index (χ1n) is 3.44. The summed E-state index contributed by atoms with van der Waals surface area (Å²) in [4.78, 5) is 30.5. The van der Waals surface area contributed by atoms with Crippen LogP contribution in [0.25, 0.3) is 0 Å². The van der Waals surface area contributed by atoms with E-state index in [2.05, 4.69) is 4.52 Å². The van der Waals surface area contributed by atoms with Crippen LogP contribution in [0.15, 0.2) is 0 Å². The highest BCUT2D eigenvalue weighted by molar-refractivity contribution is 7.43. The maximum atomic E-state index is 10.7. The molecule has 0 aromatic heterocycles. The van der Waals surface area contributed by atoms with Crippen LogP contribution in [0, 0.1) is 0 Å². The Morgan fingerprint density at radius 3 is 2.29 bits per heavy atom.